The Morgan fingerprint density at radius 3 is 1.43 bits per heavy atom. The van der Waals surface area contributed by atoms with Gasteiger partial charge in [-0.2, -0.15) is 0 Å². The highest BCUT2D eigenvalue weighted by atomic mass is 33.1. The predicted octanol–water partition coefficient (Wildman–Crippen LogP) is 3.56. The van der Waals surface area contributed by atoms with Crippen molar-refractivity contribution < 1.29 is 29.6 Å². The van der Waals surface area contributed by atoms with E-state index in [0.29, 0.717) is 9.79 Å². The summed E-state index contributed by atoms with van der Waals surface area (Å²) in [5.74, 6) is -2.40. The van der Waals surface area contributed by atoms with Gasteiger partial charge in [-0.15, -0.1) is 0 Å². The van der Waals surface area contributed by atoms with Gasteiger partial charge in [0.15, 0.2) is 0 Å². The summed E-state index contributed by atoms with van der Waals surface area (Å²) < 4.78 is 0. The van der Waals surface area contributed by atoms with Gasteiger partial charge >= 0.3 is 11.9 Å². The second-order valence-electron chi connectivity index (χ2n) is 5.40. The number of carbonyl (C=O) groups is 2. The minimum atomic E-state index is -1.20. The quantitative estimate of drug-likeness (QED) is 0.346. The molecule has 28 heavy (non-hydrogen) atoms. The SMILES string of the molecule is O=C(O)Cc1cc(SSc2ccc([N+](=O)[O-])c(CC(=O)O)c2)ccc1[N+](=O)[O-]. The molecule has 0 aliphatic carbocycles. The molecule has 0 radical (unpaired) electrons. The Kier molecular flexibility index (Phi) is 6.95. The fourth-order valence-corrected chi connectivity index (χ4v) is 4.31. The second kappa shape index (κ2) is 9.19. The van der Waals surface area contributed by atoms with Crippen molar-refractivity contribution in [3.63, 3.8) is 0 Å². The molecule has 0 aliphatic rings. The van der Waals surface area contributed by atoms with E-state index in [-0.39, 0.29) is 22.5 Å². The van der Waals surface area contributed by atoms with E-state index in [9.17, 15) is 29.8 Å². The van der Waals surface area contributed by atoms with Gasteiger partial charge in [0.25, 0.3) is 11.4 Å². The van der Waals surface area contributed by atoms with E-state index in [1.54, 1.807) is 0 Å². The molecule has 2 N–H and O–H groups in total. The lowest BCUT2D eigenvalue weighted by Crippen LogP contribution is -2.04. The molecule has 0 atom stereocenters. The Labute approximate surface area is 165 Å². The number of carboxylic acid groups (broad SMARTS) is 2. The molecule has 0 heterocycles. The monoisotopic (exact) mass is 424 g/mol. The third-order valence-corrected chi connectivity index (χ3v) is 5.79. The molecular weight excluding hydrogens is 412 g/mol. The van der Waals surface area contributed by atoms with Crippen molar-refractivity contribution >= 4 is 44.9 Å². The van der Waals surface area contributed by atoms with Gasteiger partial charge in [0.2, 0.25) is 0 Å². The molecule has 12 heteroatoms. The lowest BCUT2D eigenvalue weighted by Gasteiger charge is -2.06. The van der Waals surface area contributed by atoms with E-state index in [4.69, 9.17) is 10.2 Å². The maximum Gasteiger partial charge on any atom is 0.308 e. The zero-order valence-electron chi connectivity index (χ0n) is 13.9. The van der Waals surface area contributed by atoms with Crippen LogP contribution >= 0.6 is 21.6 Å². The van der Waals surface area contributed by atoms with Crippen molar-refractivity contribution in [2.75, 3.05) is 0 Å². The highest BCUT2D eigenvalue weighted by Gasteiger charge is 2.19. The van der Waals surface area contributed by atoms with Crippen LogP contribution in [0.2, 0.25) is 0 Å². The third-order valence-electron chi connectivity index (χ3n) is 3.41. The summed E-state index contributed by atoms with van der Waals surface area (Å²) in [7, 11) is 2.32. The Balaban J connectivity index is 2.23. The largest absolute Gasteiger partial charge is 0.481 e. The van der Waals surface area contributed by atoms with E-state index in [1.807, 2.05) is 0 Å². The van der Waals surface area contributed by atoms with Crippen LogP contribution in [0.15, 0.2) is 46.2 Å². The van der Waals surface area contributed by atoms with Crippen molar-refractivity contribution in [2.45, 2.75) is 22.6 Å². The highest BCUT2D eigenvalue weighted by Crippen LogP contribution is 2.40. The zero-order chi connectivity index (χ0) is 20.8. The fraction of sp³-hybridized carbons (Fsp3) is 0.125. The van der Waals surface area contributed by atoms with E-state index < -0.39 is 34.6 Å². The van der Waals surface area contributed by atoms with Gasteiger partial charge in [0.05, 0.1) is 22.7 Å². The molecule has 0 fully saturated rings. The number of nitro benzene ring substituents is 2. The molecule has 2 rings (SSSR count). The topological polar surface area (TPSA) is 161 Å². The van der Waals surface area contributed by atoms with Gasteiger partial charge in [-0.05, 0) is 24.3 Å². The summed E-state index contributed by atoms with van der Waals surface area (Å²) >= 11 is 0. The minimum Gasteiger partial charge on any atom is -0.481 e. The second-order valence-corrected chi connectivity index (χ2v) is 7.68. The normalized spacial score (nSPS) is 10.4. The Bertz CT molecular complexity index is 886. The maximum absolute atomic E-state index is 11.0. The van der Waals surface area contributed by atoms with Crippen LogP contribution < -0.4 is 0 Å². The van der Waals surface area contributed by atoms with Crippen LogP contribution in [0.1, 0.15) is 11.1 Å². The molecule has 0 saturated heterocycles. The smallest absolute Gasteiger partial charge is 0.308 e. The molecule has 0 bridgehead atoms. The summed E-state index contributed by atoms with van der Waals surface area (Å²) in [4.78, 5) is 43.6. The van der Waals surface area contributed by atoms with Crippen LogP contribution in [-0.2, 0) is 22.4 Å². The zero-order valence-corrected chi connectivity index (χ0v) is 15.6. The molecule has 10 nitrogen and oxygen atoms in total. The Morgan fingerprint density at radius 2 is 1.14 bits per heavy atom. The van der Waals surface area contributed by atoms with Crippen LogP contribution in [0, 0.1) is 20.2 Å². The molecule has 0 unspecified atom stereocenters. The van der Waals surface area contributed by atoms with E-state index in [1.165, 1.54) is 36.4 Å². The lowest BCUT2D eigenvalue weighted by molar-refractivity contribution is -0.385. The first-order valence-corrected chi connectivity index (χ1v) is 9.65. The van der Waals surface area contributed by atoms with Crippen molar-refractivity contribution in [2.24, 2.45) is 0 Å². The molecule has 2 aromatic rings. The maximum atomic E-state index is 11.0. The molecule has 2 aromatic carbocycles. The molecule has 0 aromatic heterocycles. The first kappa shape index (κ1) is 21.2. The van der Waals surface area contributed by atoms with E-state index >= 15 is 0 Å². The molecule has 0 amide bonds. The minimum absolute atomic E-state index is 0.0540. The van der Waals surface area contributed by atoms with Gasteiger partial charge in [-0.1, -0.05) is 21.6 Å². The average Bonchev–Trinajstić information content (AvgIpc) is 2.58. The molecule has 0 saturated carbocycles. The molecule has 146 valence electrons. The van der Waals surface area contributed by atoms with Gasteiger partial charge in [-0.3, -0.25) is 29.8 Å². The van der Waals surface area contributed by atoms with Crippen LogP contribution in [0.3, 0.4) is 0 Å². The van der Waals surface area contributed by atoms with Gasteiger partial charge in [0.1, 0.15) is 0 Å². The van der Waals surface area contributed by atoms with Crippen molar-refractivity contribution in [3.05, 3.63) is 67.8 Å². The molecule has 0 spiro atoms. The summed E-state index contributed by atoms with van der Waals surface area (Å²) in [6.45, 7) is 0. The van der Waals surface area contributed by atoms with Crippen LogP contribution in [0.5, 0.6) is 0 Å². The Morgan fingerprint density at radius 1 is 0.786 bits per heavy atom. The standard InChI is InChI=1S/C16H12N2O8S2/c19-15(20)7-9-5-11(1-3-13(9)17(23)24)27-28-12-2-4-14(18(25)26)10(6-12)8-16(21)22/h1-6H,7-8H2,(H,19,20)(H,21,22). The molecular formula is C16H12N2O8S2. The third kappa shape index (κ3) is 5.69. The number of nitro groups is 2. The first-order valence-electron chi connectivity index (χ1n) is 7.50. The number of hydrogen-bond acceptors (Lipinski definition) is 8. The van der Waals surface area contributed by atoms with Crippen molar-refractivity contribution in [3.8, 4) is 0 Å². The van der Waals surface area contributed by atoms with Gasteiger partial charge < -0.3 is 10.2 Å². The highest BCUT2D eigenvalue weighted by molar-refractivity contribution is 8.76. The van der Waals surface area contributed by atoms with Crippen molar-refractivity contribution in [1.29, 1.82) is 0 Å². The summed E-state index contributed by atoms with van der Waals surface area (Å²) in [6.07, 6.45) is -1.01. The first-order chi connectivity index (χ1) is 13.2. The number of hydrogen-bond donors (Lipinski definition) is 2. The van der Waals surface area contributed by atoms with Crippen molar-refractivity contribution in [1.82, 2.24) is 0 Å². The summed E-state index contributed by atoms with van der Waals surface area (Å²) in [5, 5.41) is 39.8. The van der Waals surface area contributed by atoms with Gasteiger partial charge in [-0.25, -0.2) is 0 Å². The van der Waals surface area contributed by atoms with Gasteiger partial charge in [0, 0.05) is 33.1 Å². The van der Waals surface area contributed by atoms with E-state index in [0.717, 1.165) is 21.6 Å². The predicted molar refractivity (Wildman–Crippen MR) is 101 cm³/mol. The summed E-state index contributed by atoms with van der Waals surface area (Å²) in [6, 6.07) is 8.15. The number of carboxylic acids is 2. The fourth-order valence-electron chi connectivity index (χ4n) is 2.29. The molecule has 0 aliphatic heterocycles. The van der Waals surface area contributed by atoms with Crippen LogP contribution in [0.25, 0.3) is 0 Å². The lowest BCUT2D eigenvalue weighted by atomic mass is 10.1. The van der Waals surface area contributed by atoms with E-state index in [2.05, 4.69) is 0 Å². The number of nitrogens with zero attached hydrogens (tertiary/aromatic N) is 2. The van der Waals surface area contributed by atoms with Crippen LogP contribution in [0.4, 0.5) is 11.4 Å². The van der Waals surface area contributed by atoms with Crippen LogP contribution in [-0.4, -0.2) is 32.0 Å². The summed E-state index contributed by atoms with van der Waals surface area (Å²) in [5.41, 5.74) is -0.483. The number of rotatable bonds is 9. The number of benzene rings is 2. The Hall–Kier alpha value is -3.12. The average molecular weight is 424 g/mol. The number of aliphatic carboxylic acids is 2.